The third-order valence-corrected chi connectivity index (χ3v) is 17.3. The molecule has 0 fully saturated rings. The van der Waals surface area contributed by atoms with Gasteiger partial charge in [0.15, 0.2) is 0 Å². The van der Waals surface area contributed by atoms with Crippen molar-refractivity contribution in [2.24, 2.45) is 0 Å². The predicted octanol–water partition coefficient (Wildman–Crippen LogP) is 17.8. The molecule has 0 atom stereocenters. The summed E-state index contributed by atoms with van der Waals surface area (Å²) in [6, 6.07) is 48.5. The molecule has 6 N–H and O–H groups in total. The van der Waals surface area contributed by atoms with Gasteiger partial charge in [-0.15, -0.1) is 34.0 Å². The SMILES string of the molecule is O=C(CCc1cc2ccccc2o1)Nc1scc(-c2ccc(Br)cc2)c1C(=O)O.O=C(Cc1cc2ccccc2o1)Nc1scc(-c2ccc(Br)cc2)c1C(=O)O.O=C(Cc1coc2ccccc12)Nc1scc(-c2ccc(Br)cc2)c1C(=O)O. The first kappa shape index (κ1) is 59.5. The van der Waals surface area contributed by atoms with E-state index in [0.29, 0.717) is 55.0 Å². The molecule has 0 aliphatic carbocycles. The minimum absolute atomic E-state index is 0.0270. The molecule has 426 valence electrons. The molecule has 6 aromatic heterocycles. The Bertz CT molecular complexity index is 4370. The highest BCUT2D eigenvalue weighted by Gasteiger charge is 2.25. The Labute approximate surface area is 521 Å². The first-order valence-electron chi connectivity index (χ1n) is 25.7. The molecule has 0 saturated heterocycles. The minimum Gasteiger partial charge on any atom is -0.478 e. The second kappa shape index (κ2) is 26.9. The number of amides is 3. The lowest BCUT2D eigenvalue weighted by Gasteiger charge is -2.06. The number of hydrogen-bond donors (Lipinski definition) is 6. The molecular formula is C64H44Br3N3O12S3. The van der Waals surface area contributed by atoms with Crippen molar-refractivity contribution in [1.82, 2.24) is 0 Å². The van der Waals surface area contributed by atoms with Gasteiger partial charge in [0, 0.05) is 80.8 Å². The van der Waals surface area contributed by atoms with E-state index in [1.807, 2.05) is 158 Å². The molecule has 12 rings (SSSR count). The molecule has 15 nitrogen and oxygen atoms in total. The average molecular weight is 1380 g/mol. The third kappa shape index (κ3) is 14.5. The first-order chi connectivity index (χ1) is 41.0. The summed E-state index contributed by atoms with van der Waals surface area (Å²) < 4.78 is 19.6. The van der Waals surface area contributed by atoms with E-state index >= 15 is 0 Å². The number of carboxylic acid groups (broad SMARTS) is 3. The van der Waals surface area contributed by atoms with Crippen LogP contribution in [-0.4, -0.2) is 50.9 Å². The average Bonchev–Trinajstić information content (AvgIpc) is 4.48. The number of aromatic carboxylic acids is 3. The molecule has 0 radical (unpaired) electrons. The van der Waals surface area contributed by atoms with E-state index in [1.54, 1.807) is 22.4 Å². The van der Waals surface area contributed by atoms with Gasteiger partial charge in [-0.3, -0.25) is 14.4 Å². The highest BCUT2D eigenvalue weighted by Crippen LogP contribution is 2.39. The molecule has 12 aromatic rings. The van der Waals surface area contributed by atoms with Crippen molar-refractivity contribution in [3.05, 3.63) is 227 Å². The molecule has 0 spiro atoms. The molecule has 3 amide bonds. The summed E-state index contributed by atoms with van der Waals surface area (Å²) >= 11 is 13.7. The molecule has 0 bridgehead atoms. The van der Waals surface area contributed by atoms with Gasteiger partial charge in [0.2, 0.25) is 17.7 Å². The van der Waals surface area contributed by atoms with Crippen molar-refractivity contribution in [3.8, 4) is 33.4 Å². The molecule has 6 heterocycles. The van der Waals surface area contributed by atoms with Crippen LogP contribution in [0, 0.1) is 0 Å². The summed E-state index contributed by atoms with van der Waals surface area (Å²) in [5.74, 6) is -2.86. The van der Waals surface area contributed by atoms with Gasteiger partial charge < -0.3 is 44.5 Å². The molecule has 0 aliphatic heterocycles. The van der Waals surface area contributed by atoms with Crippen LogP contribution in [0.4, 0.5) is 15.0 Å². The highest BCUT2D eigenvalue weighted by molar-refractivity contribution is 9.11. The lowest BCUT2D eigenvalue weighted by Crippen LogP contribution is -2.15. The maximum absolute atomic E-state index is 12.5. The number of anilines is 3. The smallest absolute Gasteiger partial charge is 0.339 e. The lowest BCUT2D eigenvalue weighted by atomic mass is 10.0. The van der Waals surface area contributed by atoms with Crippen molar-refractivity contribution in [1.29, 1.82) is 0 Å². The first-order valence-corrected chi connectivity index (χ1v) is 30.7. The van der Waals surface area contributed by atoms with Crippen molar-refractivity contribution >= 4 is 165 Å². The summed E-state index contributed by atoms with van der Waals surface area (Å²) in [5.41, 5.74) is 7.33. The van der Waals surface area contributed by atoms with Crippen molar-refractivity contribution in [3.63, 3.8) is 0 Å². The van der Waals surface area contributed by atoms with Crippen molar-refractivity contribution in [2.75, 3.05) is 16.0 Å². The fraction of sp³-hybridized carbons (Fsp3) is 0.0625. The standard InChI is InChI=1S/C22H16BrNO4S.2C21H14BrNO4S/c23-15-7-5-13(6-8-15)17-12-29-21(20(17)22(26)27)24-19(25)10-9-16-11-14-3-1-2-4-18(14)28-16;22-14-7-5-12(6-8-14)16-11-28-20(19(16)21(25)26)23-18(24)9-13-10-27-17-4-2-1-3-15(13)17;22-14-7-5-12(6-8-14)16-11-28-20(19(16)21(25)26)23-18(24)10-15-9-13-3-1-2-4-17(13)27-15/h1-8,11-12H,9-10H2,(H,24,25)(H,26,27);1-8,10-11H,9H2,(H,23,24)(H,25,26);1-9,11H,10H2,(H,23,24)(H,25,26). The number of hydrogen-bond acceptors (Lipinski definition) is 12. The number of furan rings is 3. The lowest BCUT2D eigenvalue weighted by molar-refractivity contribution is -0.116. The fourth-order valence-electron chi connectivity index (χ4n) is 9.06. The van der Waals surface area contributed by atoms with E-state index in [0.717, 1.165) is 63.2 Å². The van der Waals surface area contributed by atoms with Crippen LogP contribution < -0.4 is 16.0 Å². The Hall–Kier alpha value is -8.70. The highest BCUT2D eigenvalue weighted by atomic mass is 79.9. The zero-order valence-corrected chi connectivity index (χ0v) is 51.2. The van der Waals surface area contributed by atoms with Gasteiger partial charge >= 0.3 is 17.9 Å². The molecule has 0 aliphatic rings. The van der Waals surface area contributed by atoms with E-state index in [1.165, 1.54) is 34.0 Å². The summed E-state index contributed by atoms with van der Waals surface area (Å²) in [4.78, 5) is 72.9. The zero-order valence-electron chi connectivity index (χ0n) is 44.0. The van der Waals surface area contributed by atoms with E-state index in [2.05, 4.69) is 63.7 Å². The number of halogens is 3. The van der Waals surface area contributed by atoms with Gasteiger partial charge in [-0.05, 0) is 83.4 Å². The van der Waals surface area contributed by atoms with Crippen LogP contribution in [0.2, 0.25) is 0 Å². The quantitative estimate of drug-likeness (QED) is 0.0530. The maximum atomic E-state index is 12.5. The number of nitrogens with one attached hydrogen (secondary N) is 3. The molecule has 0 saturated carbocycles. The number of rotatable bonds is 16. The summed E-state index contributed by atoms with van der Waals surface area (Å²) in [6.45, 7) is 0. The zero-order chi connectivity index (χ0) is 59.7. The molecular weight excluding hydrogens is 1340 g/mol. The largest absolute Gasteiger partial charge is 0.478 e. The van der Waals surface area contributed by atoms with Crippen molar-refractivity contribution in [2.45, 2.75) is 25.7 Å². The van der Waals surface area contributed by atoms with Crippen LogP contribution in [0.15, 0.2) is 207 Å². The number of fused-ring (bicyclic) bond motifs is 3. The normalized spacial score (nSPS) is 10.9. The topological polar surface area (TPSA) is 239 Å². The van der Waals surface area contributed by atoms with Crippen LogP contribution in [0.1, 0.15) is 54.6 Å². The Morgan fingerprint density at radius 3 is 1.25 bits per heavy atom. The molecule has 0 unspecified atom stereocenters. The van der Waals surface area contributed by atoms with Crippen LogP contribution in [0.3, 0.4) is 0 Å². The van der Waals surface area contributed by atoms with Crippen LogP contribution in [0.5, 0.6) is 0 Å². The second-order valence-corrected chi connectivity index (χ2v) is 24.1. The molecule has 85 heavy (non-hydrogen) atoms. The van der Waals surface area contributed by atoms with Crippen LogP contribution in [0.25, 0.3) is 66.3 Å². The Morgan fingerprint density at radius 2 is 0.812 bits per heavy atom. The van der Waals surface area contributed by atoms with Crippen LogP contribution in [-0.2, 0) is 33.6 Å². The number of carbonyl (C=O) groups excluding carboxylic acids is 3. The number of carboxylic acids is 3. The monoisotopic (exact) mass is 1380 g/mol. The van der Waals surface area contributed by atoms with E-state index < -0.39 is 17.9 Å². The van der Waals surface area contributed by atoms with E-state index in [9.17, 15) is 44.1 Å². The predicted molar refractivity (Wildman–Crippen MR) is 344 cm³/mol. The number of benzene rings is 6. The van der Waals surface area contributed by atoms with Gasteiger partial charge in [0.1, 0.15) is 60.0 Å². The van der Waals surface area contributed by atoms with Gasteiger partial charge in [-0.2, -0.15) is 0 Å². The number of carbonyl (C=O) groups is 6. The van der Waals surface area contributed by atoms with Crippen LogP contribution >= 0.6 is 81.8 Å². The number of thiophene rings is 3. The number of aryl methyl sites for hydroxylation is 1. The summed E-state index contributed by atoms with van der Waals surface area (Å²) in [7, 11) is 0. The Balaban J connectivity index is 0.000000142. The van der Waals surface area contributed by atoms with E-state index in [-0.39, 0.29) is 53.7 Å². The maximum Gasteiger partial charge on any atom is 0.339 e. The molecule has 6 aromatic carbocycles. The second-order valence-electron chi connectivity index (χ2n) is 18.8. The summed E-state index contributed by atoms with van der Waals surface area (Å²) in [6.07, 6.45) is 2.32. The Morgan fingerprint density at radius 1 is 0.435 bits per heavy atom. The fourth-order valence-corrected chi connectivity index (χ4v) is 12.8. The number of para-hydroxylation sites is 3. The van der Waals surface area contributed by atoms with E-state index in [4.69, 9.17) is 13.3 Å². The third-order valence-electron chi connectivity index (χ3n) is 13.0. The van der Waals surface area contributed by atoms with Gasteiger partial charge in [0.25, 0.3) is 0 Å². The van der Waals surface area contributed by atoms with Gasteiger partial charge in [-0.25, -0.2) is 14.4 Å². The summed E-state index contributed by atoms with van der Waals surface area (Å²) in [5, 5.41) is 46.3. The van der Waals surface area contributed by atoms with Crippen molar-refractivity contribution < 1.29 is 57.3 Å². The van der Waals surface area contributed by atoms with Gasteiger partial charge in [0.05, 0.1) is 19.1 Å². The minimum atomic E-state index is -1.08. The molecule has 21 heteroatoms. The Kier molecular flexibility index (Phi) is 18.8. The van der Waals surface area contributed by atoms with Gasteiger partial charge in [-0.1, -0.05) is 139 Å².